The number of aliphatic hydroxyl groups is 1. The second kappa shape index (κ2) is 8.82. The number of rotatable bonds is 8. The molecule has 0 bridgehead atoms. The Morgan fingerprint density at radius 2 is 2.22 bits per heavy atom. The van der Waals surface area contributed by atoms with Crippen molar-refractivity contribution < 1.29 is 14.6 Å². The summed E-state index contributed by atoms with van der Waals surface area (Å²) >= 11 is 0. The highest BCUT2D eigenvalue weighted by Crippen LogP contribution is 2.01. The van der Waals surface area contributed by atoms with Gasteiger partial charge in [0.15, 0.2) is 0 Å². The summed E-state index contributed by atoms with van der Waals surface area (Å²) in [7, 11) is 2.10. The summed E-state index contributed by atoms with van der Waals surface area (Å²) in [6.45, 7) is 9.39. The van der Waals surface area contributed by atoms with Crippen LogP contribution in [0.15, 0.2) is 0 Å². The SMILES string of the molecule is CC(C)COCC(O)CNCC1CN(C)CCO1. The predicted octanol–water partition coefficient (Wildman–Crippen LogP) is -0.0599. The number of nitrogens with one attached hydrogen (secondary N) is 1. The molecule has 1 fully saturated rings. The average Bonchev–Trinajstić information content (AvgIpc) is 2.28. The monoisotopic (exact) mass is 260 g/mol. The van der Waals surface area contributed by atoms with Crippen molar-refractivity contribution in [2.75, 3.05) is 53.0 Å². The van der Waals surface area contributed by atoms with Gasteiger partial charge in [-0.2, -0.15) is 0 Å². The van der Waals surface area contributed by atoms with Gasteiger partial charge < -0.3 is 24.8 Å². The van der Waals surface area contributed by atoms with E-state index in [1.54, 1.807) is 0 Å². The van der Waals surface area contributed by atoms with Gasteiger partial charge in [-0.1, -0.05) is 13.8 Å². The second-order valence-electron chi connectivity index (χ2n) is 5.50. The Balaban J connectivity index is 1.99. The molecule has 18 heavy (non-hydrogen) atoms. The summed E-state index contributed by atoms with van der Waals surface area (Å²) in [6, 6.07) is 0. The van der Waals surface area contributed by atoms with Crippen molar-refractivity contribution in [1.29, 1.82) is 0 Å². The molecule has 0 radical (unpaired) electrons. The van der Waals surface area contributed by atoms with Crippen LogP contribution >= 0.6 is 0 Å². The van der Waals surface area contributed by atoms with Crippen LogP contribution in [-0.2, 0) is 9.47 Å². The number of morpholine rings is 1. The molecule has 0 aromatic heterocycles. The Labute approximate surface area is 110 Å². The van der Waals surface area contributed by atoms with E-state index in [4.69, 9.17) is 9.47 Å². The highest BCUT2D eigenvalue weighted by molar-refractivity contribution is 4.72. The van der Waals surface area contributed by atoms with Crippen molar-refractivity contribution in [3.8, 4) is 0 Å². The van der Waals surface area contributed by atoms with Crippen LogP contribution in [0.1, 0.15) is 13.8 Å². The summed E-state index contributed by atoms with van der Waals surface area (Å²) in [5.74, 6) is 0.510. The van der Waals surface area contributed by atoms with E-state index in [2.05, 4.69) is 31.1 Å². The van der Waals surface area contributed by atoms with Gasteiger partial charge >= 0.3 is 0 Å². The van der Waals surface area contributed by atoms with E-state index in [1.807, 2.05) is 0 Å². The molecule has 2 unspecified atom stereocenters. The third-order valence-electron chi connectivity index (χ3n) is 2.86. The van der Waals surface area contributed by atoms with Gasteiger partial charge in [-0.05, 0) is 13.0 Å². The molecular weight excluding hydrogens is 232 g/mol. The Morgan fingerprint density at radius 1 is 1.44 bits per heavy atom. The summed E-state index contributed by atoms with van der Waals surface area (Å²) in [5, 5.41) is 12.9. The predicted molar refractivity (Wildman–Crippen MR) is 71.8 cm³/mol. The van der Waals surface area contributed by atoms with Crippen LogP contribution in [0.4, 0.5) is 0 Å². The first-order valence-corrected chi connectivity index (χ1v) is 6.84. The molecule has 0 aromatic carbocycles. The lowest BCUT2D eigenvalue weighted by atomic mass is 10.2. The number of likely N-dealkylation sites (N-methyl/N-ethyl adjacent to an activating group) is 1. The molecule has 2 atom stereocenters. The zero-order valence-electron chi connectivity index (χ0n) is 11.9. The van der Waals surface area contributed by atoms with E-state index >= 15 is 0 Å². The molecule has 0 spiro atoms. The highest BCUT2D eigenvalue weighted by Gasteiger charge is 2.17. The van der Waals surface area contributed by atoms with E-state index in [-0.39, 0.29) is 6.10 Å². The van der Waals surface area contributed by atoms with Crippen LogP contribution in [0, 0.1) is 5.92 Å². The summed E-state index contributed by atoms with van der Waals surface area (Å²) in [6.07, 6.45) is -0.211. The zero-order valence-corrected chi connectivity index (χ0v) is 11.9. The van der Waals surface area contributed by atoms with Crippen LogP contribution in [0.25, 0.3) is 0 Å². The largest absolute Gasteiger partial charge is 0.389 e. The minimum absolute atomic E-state index is 0.229. The third kappa shape index (κ3) is 7.28. The van der Waals surface area contributed by atoms with E-state index in [9.17, 15) is 5.11 Å². The molecule has 2 N–H and O–H groups in total. The van der Waals surface area contributed by atoms with E-state index < -0.39 is 6.10 Å². The highest BCUT2D eigenvalue weighted by atomic mass is 16.5. The van der Waals surface area contributed by atoms with Gasteiger partial charge in [-0.25, -0.2) is 0 Å². The second-order valence-corrected chi connectivity index (χ2v) is 5.50. The molecule has 1 aliphatic heterocycles. The van der Waals surface area contributed by atoms with Gasteiger partial charge in [0, 0.05) is 32.8 Å². The minimum atomic E-state index is -0.440. The van der Waals surface area contributed by atoms with Gasteiger partial charge in [0.05, 0.1) is 25.4 Å². The first-order chi connectivity index (χ1) is 8.58. The molecule has 1 heterocycles. The molecule has 0 saturated carbocycles. The lowest BCUT2D eigenvalue weighted by molar-refractivity contribution is -0.0212. The molecule has 1 rings (SSSR count). The molecule has 0 aliphatic carbocycles. The van der Waals surface area contributed by atoms with Gasteiger partial charge in [0.2, 0.25) is 0 Å². The number of hydrogen-bond acceptors (Lipinski definition) is 5. The molecule has 1 saturated heterocycles. The molecule has 5 nitrogen and oxygen atoms in total. The maximum atomic E-state index is 9.70. The van der Waals surface area contributed by atoms with Crippen molar-refractivity contribution in [3.63, 3.8) is 0 Å². The quantitative estimate of drug-likeness (QED) is 0.640. The smallest absolute Gasteiger partial charge is 0.0897 e. The number of ether oxygens (including phenoxy) is 2. The van der Waals surface area contributed by atoms with Crippen molar-refractivity contribution >= 4 is 0 Å². The topological polar surface area (TPSA) is 54.0 Å². The first kappa shape index (κ1) is 15.9. The Kier molecular flexibility index (Phi) is 7.77. The van der Waals surface area contributed by atoms with Crippen LogP contribution in [0.2, 0.25) is 0 Å². The molecule has 108 valence electrons. The first-order valence-electron chi connectivity index (χ1n) is 6.84. The molecule has 5 heteroatoms. The maximum absolute atomic E-state index is 9.70. The Bertz CT molecular complexity index is 214. The minimum Gasteiger partial charge on any atom is -0.389 e. The van der Waals surface area contributed by atoms with Crippen molar-refractivity contribution in [2.45, 2.75) is 26.1 Å². The van der Waals surface area contributed by atoms with Gasteiger partial charge in [0.1, 0.15) is 0 Å². The van der Waals surface area contributed by atoms with Gasteiger partial charge in [-0.15, -0.1) is 0 Å². The number of aliphatic hydroxyl groups excluding tert-OH is 1. The lowest BCUT2D eigenvalue weighted by Crippen LogP contribution is -2.46. The van der Waals surface area contributed by atoms with Crippen LogP contribution < -0.4 is 5.32 Å². The van der Waals surface area contributed by atoms with Crippen molar-refractivity contribution in [3.05, 3.63) is 0 Å². The van der Waals surface area contributed by atoms with E-state index in [0.29, 0.717) is 25.7 Å². The van der Waals surface area contributed by atoms with Crippen molar-refractivity contribution in [1.82, 2.24) is 10.2 Å². The molecule has 0 amide bonds. The van der Waals surface area contributed by atoms with E-state index in [1.165, 1.54) is 0 Å². The summed E-state index contributed by atoms with van der Waals surface area (Å²) in [4.78, 5) is 2.26. The summed E-state index contributed by atoms with van der Waals surface area (Å²) in [5.41, 5.74) is 0. The summed E-state index contributed by atoms with van der Waals surface area (Å²) < 4.78 is 11.0. The zero-order chi connectivity index (χ0) is 13.4. The fourth-order valence-corrected chi connectivity index (χ4v) is 1.90. The van der Waals surface area contributed by atoms with Gasteiger partial charge in [-0.3, -0.25) is 0 Å². The molecular formula is C13H28N2O3. The van der Waals surface area contributed by atoms with Crippen molar-refractivity contribution in [2.24, 2.45) is 5.92 Å². The lowest BCUT2D eigenvalue weighted by Gasteiger charge is -2.30. The molecule has 1 aliphatic rings. The maximum Gasteiger partial charge on any atom is 0.0897 e. The number of nitrogens with zero attached hydrogens (tertiary/aromatic N) is 1. The molecule has 0 aromatic rings. The van der Waals surface area contributed by atoms with Gasteiger partial charge in [0.25, 0.3) is 0 Å². The third-order valence-corrected chi connectivity index (χ3v) is 2.86. The average molecular weight is 260 g/mol. The van der Waals surface area contributed by atoms with E-state index in [0.717, 1.165) is 26.2 Å². The fraction of sp³-hybridized carbons (Fsp3) is 1.00. The Hall–Kier alpha value is -0.200. The standard InChI is InChI=1S/C13H28N2O3/c1-11(2)9-17-10-12(16)6-14-7-13-8-15(3)4-5-18-13/h11-14,16H,4-10H2,1-3H3. The number of hydrogen-bond donors (Lipinski definition) is 2. The Morgan fingerprint density at radius 3 is 2.89 bits per heavy atom. The normalized spacial score (nSPS) is 23.5. The van der Waals surface area contributed by atoms with Crippen LogP contribution in [-0.4, -0.2) is 75.3 Å². The van der Waals surface area contributed by atoms with Crippen LogP contribution in [0.3, 0.4) is 0 Å². The van der Waals surface area contributed by atoms with Crippen LogP contribution in [0.5, 0.6) is 0 Å². The fourth-order valence-electron chi connectivity index (χ4n) is 1.90.